The maximum atomic E-state index is 11.3. The van der Waals surface area contributed by atoms with Gasteiger partial charge in [0, 0.05) is 32.0 Å². The molecule has 0 bridgehead atoms. The predicted octanol–water partition coefficient (Wildman–Crippen LogP) is 4.99. The minimum Gasteiger partial charge on any atom is -0.463 e. The number of carbonyl (C=O) groups is 1. The van der Waals surface area contributed by atoms with Gasteiger partial charge in [0.25, 0.3) is 0 Å². The van der Waals surface area contributed by atoms with Gasteiger partial charge in [0.2, 0.25) is 0 Å². The standard InChI is InChI=1S/C23H37NO3Si/c1-16(26-17(2)25)13-20-19-14-21(27-28(6,7)23(3,4)5)22(19)24(20)15-18-11-9-8-10-12-18/h8-12,16,19-22H,13-15H2,1-7H3. The van der Waals surface area contributed by atoms with Crippen molar-refractivity contribution >= 4 is 14.3 Å². The highest BCUT2D eigenvalue weighted by Gasteiger charge is 2.61. The van der Waals surface area contributed by atoms with Crippen LogP contribution in [0.1, 0.15) is 53.0 Å². The van der Waals surface area contributed by atoms with Crippen molar-refractivity contribution in [3.05, 3.63) is 35.9 Å². The van der Waals surface area contributed by atoms with Gasteiger partial charge in [0.15, 0.2) is 8.32 Å². The normalized spacial score (nSPS) is 28.7. The van der Waals surface area contributed by atoms with Crippen molar-refractivity contribution in [2.24, 2.45) is 5.92 Å². The number of piperidine rings is 1. The summed E-state index contributed by atoms with van der Waals surface area (Å²) in [6, 6.07) is 11.6. The van der Waals surface area contributed by atoms with E-state index >= 15 is 0 Å². The van der Waals surface area contributed by atoms with Gasteiger partial charge in [0.1, 0.15) is 6.10 Å². The molecule has 2 fully saturated rings. The van der Waals surface area contributed by atoms with Crippen LogP contribution in [0.4, 0.5) is 0 Å². The van der Waals surface area contributed by atoms with Gasteiger partial charge in [-0.25, -0.2) is 0 Å². The van der Waals surface area contributed by atoms with Crippen LogP contribution in [0.5, 0.6) is 0 Å². The molecule has 3 rings (SSSR count). The van der Waals surface area contributed by atoms with E-state index in [1.807, 2.05) is 6.92 Å². The number of likely N-dealkylation sites (tertiary alicyclic amines) is 1. The number of hydrogen-bond acceptors (Lipinski definition) is 4. The summed E-state index contributed by atoms with van der Waals surface area (Å²) in [7, 11) is -1.77. The molecule has 28 heavy (non-hydrogen) atoms. The molecule has 1 aromatic rings. The first-order chi connectivity index (χ1) is 13.0. The zero-order chi connectivity index (χ0) is 20.7. The number of nitrogens with zero attached hydrogens (tertiary/aromatic N) is 1. The van der Waals surface area contributed by atoms with Gasteiger partial charge in [-0.2, -0.15) is 0 Å². The predicted molar refractivity (Wildman–Crippen MR) is 116 cm³/mol. The molecular weight excluding hydrogens is 366 g/mol. The summed E-state index contributed by atoms with van der Waals surface area (Å²) in [5.74, 6) is 0.474. The lowest BCUT2D eigenvalue weighted by atomic mass is 9.62. The van der Waals surface area contributed by atoms with Crippen LogP contribution in [-0.4, -0.2) is 43.5 Å². The van der Waals surface area contributed by atoms with Crippen molar-refractivity contribution in [2.45, 2.75) is 96.4 Å². The zero-order valence-corrected chi connectivity index (χ0v) is 19.6. The van der Waals surface area contributed by atoms with Crippen molar-refractivity contribution in [2.75, 3.05) is 0 Å². The summed E-state index contributed by atoms with van der Waals surface area (Å²) in [4.78, 5) is 13.9. The number of rotatable bonds is 7. The highest BCUT2D eigenvalue weighted by molar-refractivity contribution is 6.74. The zero-order valence-electron chi connectivity index (χ0n) is 18.6. The van der Waals surface area contributed by atoms with E-state index in [4.69, 9.17) is 9.16 Å². The summed E-state index contributed by atoms with van der Waals surface area (Å²) in [5.41, 5.74) is 1.34. The van der Waals surface area contributed by atoms with E-state index in [1.165, 1.54) is 12.5 Å². The smallest absolute Gasteiger partial charge is 0.302 e. The largest absolute Gasteiger partial charge is 0.463 e. The summed E-state index contributed by atoms with van der Waals surface area (Å²) in [5, 5.41) is 0.231. The van der Waals surface area contributed by atoms with Crippen molar-refractivity contribution in [1.29, 1.82) is 0 Å². The minimum atomic E-state index is -1.77. The van der Waals surface area contributed by atoms with Gasteiger partial charge in [0.05, 0.1) is 6.10 Å². The monoisotopic (exact) mass is 403 g/mol. The second-order valence-corrected chi connectivity index (χ2v) is 14.9. The number of hydrogen-bond donors (Lipinski definition) is 0. The molecule has 0 radical (unpaired) electrons. The molecule has 1 heterocycles. The number of ether oxygens (including phenoxy) is 1. The molecule has 5 unspecified atom stereocenters. The van der Waals surface area contributed by atoms with Gasteiger partial charge in [-0.3, -0.25) is 9.69 Å². The molecule has 5 atom stereocenters. The Hall–Kier alpha value is -1.17. The maximum absolute atomic E-state index is 11.3. The van der Waals surface area contributed by atoms with Crippen molar-refractivity contribution < 1.29 is 14.0 Å². The fourth-order valence-corrected chi connectivity index (χ4v) is 5.85. The highest BCUT2D eigenvalue weighted by Crippen LogP contribution is 2.53. The first-order valence-electron chi connectivity index (χ1n) is 10.6. The van der Waals surface area contributed by atoms with Crippen LogP contribution in [0.2, 0.25) is 18.1 Å². The van der Waals surface area contributed by atoms with Crippen molar-refractivity contribution in [3.63, 3.8) is 0 Å². The van der Waals surface area contributed by atoms with Gasteiger partial charge < -0.3 is 9.16 Å². The van der Waals surface area contributed by atoms with E-state index in [-0.39, 0.29) is 17.1 Å². The lowest BCUT2D eigenvalue weighted by molar-refractivity contribution is -0.202. The molecule has 0 aromatic heterocycles. The van der Waals surface area contributed by atoms with Gasteiger partial charge in [-0.15, -0.1) is 0 Å². The van der Waals surface area contributed by atoms with Crippen LogP contribution in [0.25, 0.3) is 0 Å². The summed E-state index contributed by atoms with van der Waals surface area (Å²) in [6.45, 7) is 16.1. The summed E-state index contributed by atoms with van der Waals surface area (Å²) in [6.07, 6.45) is 2.34. The molecule has 1 saturated carbocycles. The molecule has 1 aliphatic carbocycles. The molecule has 0 spiro atoms. The number of benzene rings is 1. The molecular formula is C23H37NO3Si. The van der Waals surface area contributed by atoms with E-state index in [2.05, 4.69) is 69.1 Å². The maximum Gasteiger partial charge on any atom is 0.302 e. The number of carbonyl (C=O) groups excluding carboxylic acids is 1. The van der Waals surface area contributed by atoms with Gasteiger partial charge in [-0.1, -0.05) is 51.1 Å². The first-order valence-corrected chi connectivity index (χ1v) is 13.5. The Bertz CT molecular complexity index is 685. The lowest BCUT2D eigenvalue weighted by Gasteiger charge is -2.67. The first kappa shape index (κ1) is 21.5. The quantitative estimate of drug-likeness (QED) is 0.475. The Morgan fingerprint density at radius 3 is 2.46 bits per heavy atom. The third kappa shape index (κ3) is 4.36. The van der Waals surface area contributed by atoms with E-state index in [0.29, 0.717) is 24.1 Å². The minimum absolute atomic E-state index is 0.0397. The van der Waals surface area contributed by atoms with E-state index in [0.717, 1.165) is 19.4 Å². The lowest BCUT2D eigenvalue weighted by Crippen LogP contribution is -2.76. The Labute approximate surface area is 171 Å². The SMILES string of the molecule is CC(=O)OC(C)CC1C2CC(O[Si](C)(C)C(C)(C)C)C2N1Cc1ccccc1. The van der Waals surface area contributed by atoms with Crippen LogP contribution in [0.15, 0.2) is 30.3 Å². The molecule has 5 heteroatoms. The fraction of sp³-hybridized carbons (Fsp3) is 0.696. The third-order valence-electron chi connectivity index (χ3n) is 7.03. The van der Waals surface area contributed by atoms with E-state index in [1.54, 1.807) is 0 Å². The molecule has 1 aromatic carbocycles. The molecule has 156 valence electrons. The topological polar surface area (TPSA) is 38.8 Å². The van der Waals surface area contributed by atoms with Crippen LogP contribution in [0, 0.1) is 5.92 Å². The molecule has 0 N–H and O–H groups in total. The summed E-state index contributed by atoms with van der Waals surface area (Å²) >= 11 is 0. The molecule has 1 saturated heterocycles. The van der Waals surface area contributed by atoms with E-state index < -0.39 is 8.32 Å². The molecule has 2 aliphatic rings. The molecule has 0 amide bonds. The third-order valence-corrected chi connectivity index (χ3v) is 11.5. The van der Waals surface area contributed by atoms with Gasteiger partial charge >= 0.3 is 5.97 Å². The Morgan fingerprint density at radius 1 is 1.25 bits per heavy atom. The number of fused-ring (bicyclic) bond motifs is 1. The Kier molecular flexibility index (Phi) is 6.09. The van der Waals surface area contributed by atoms with Crippen molar-refractivity contribution in [1.82, 2.24) is 4.90 Å². The van der Waals surface area contributed by atoms with Crippen LogP contribution < -0.4 is 0 Å². The van der Waals surface area contributed by atoms with Crippen LogP contribution in [0.3, 0.4) is 0 Å². The second kappa shape index (κ2) is 7.92. The second-order valence-electron chi connectivity index (χ2n) is 10.2. The van der Waals surface area contributed by atoms with Crippen LogP contribution >= 0.6 is 0 Å². The van der Waals surface area contributed by atoms with Gasteiger partial charge in [-0.05, 0) is 43.0 Å². The van der Waals surface area contributed by atoms with E-state index in [9.17, 15) is 4.79 Å². The fourth-order valence-electron chi connectivity index (χ4n) is 4.51. The van der Waals surface area contributed by atoms with Crippen LogP contribution in [-0.2, 0) is 20.5 Å². The highest BCUT2D eigenvalue weighted by atomic mass is 28.4. The molecule has 4 nitrogen and oxygen atoms in total. The number of esters is 1. The Balaban J connectivity index is 1.70. The summed E-state index contributed by atoms with van der Waals surface area (Å²) < 4.78 is 12.2. The average molecular weight is 404 g/mol. The van der Waals surface area contributed by atoms with Crippen molar-refractivity contribution in [3.8, 4) is 0 Å². The Morgan fingerprint density at radius 2 is 1.89 bits per heavy atom. The average Bonchev–Trinajstić information content (AvgIpc) is 2.55. The molecule has 1 aliphatic heterocycles.